The van der Waals surface area contributed by atoms with Crippen molar-refractivity contribution in [1.82, 2.24) is 0 Å². The van der Waals surface area contributed by atoms with Gasteiger partial charge in [0.25, 0.3) is 0 Å². The molecule has 1 aliphatic heterocycles. The van der Waals surface area contributed by atoms with Crippen LogP contribution in [0.25, 0.3) is 0 Å². The monoisotopic (exact) mass is 181 g/mol. The van der Waals surface area contributed by atoms with E-state index in [0.29, 0.717) is 0 Å². The molecule has 2 heteroatoms. The molecule has 13 heavy (non-hydrogen) atoms. The Kier molecular flexibility index (Phi) is 4.76. The standard InChI is InChI=1S/C11H19NO/c1-10(7-9-13)5-6-11-4-2-3-8-12-11/h7,13H,2-6,8-9H2,1H3/b10-7+. The summed E-state index contributed by atoms with van der Waals surface area (Å²) in [5, 5.41) is 8.67. The Hall–Kier alpha value is -0.630. The van der Waals surface area contributed by atoms with E-state index in [2.05, 4.69) is 11.9 Å². The number of aliphatic imine (C=N–C) groups is 1. The van der Waals surface area contributed by atoms with E-state index in [4.69, 9.17) is 5.11 Å². The van der Waals surface area contributed by atoms with Gasteiger partial charge in [0.2, 0.25) is 0 Å². The molecule has 1 heterocycles. The molecule has 1 N–H and O–H groups in total. The Morgan fingerprint density at radius 2 is 2.38 bits per heavy atom. The maximum atomic E-state index is 8.67. The van der Waals surface area contributed by atoms with Gasteiger partial charge in [0, 0.05) is 12.3 Å². The highest BCUT2D eigenvalue weighted by Crippen LogP contribution is 2.12. The first kappa shape index (κ1) is 10.5. The highest BCUT2D eigenvalue weighted by Gasteiger charge is 2.04. The van der Waals surface area contributed by atoms with E-state index in [-0.39, 0.29) is 6.61 Å². The van der Waals surface area contributed by atoms with Crippen molar-refractivity contribution in [3.8, 4) is 0 Å². The molecule has 0 fully saturated rings. The minimum Gasteiger partial charge on any atom is -0.392 e. The fraction of sp³-hybridized carbons (Fsp3) is 0.727. The van der Waals surface area contributed by atoms with Gasteiger partial charge < -0.3 is 5.11 Å². The topological polar surface area (TPSA) is 32.6 Å². The number of hydrogen-bond acceptors (Lipinski definition) is 2. The van der Waals surface area contributed by atoms with Crippen LogP contribution in [-0.4, -0.2) is 24.0 Å². The van der Waals surface area contributed by atoms with Gasteiger partial charge >= 0.3 is 0 Å². The van der Waals surface area contributed by atoms with E-state index < -0.39 is 0 Å². The van der Waals surface area contributed by atoms with Crippen LogP contribution < -0.4 is 0 Å². The fourth-order valence-corrected chi connectivity index (χ4v) is 1.56. The van der Waals surface area contributed by atoms with Crippen molar-refractivity contribution in [2.75, 3.05) is 13.2 Å². The summed E-state index contributed by atoms with van der Waals surface area (Å²) in [6, 6.07) is 0. The van der Waals surface area contributed by atoms with Crippen LogP contribution in [0, 0.1) is 0 Å². The zero-order valence-corrected chi connectivity index (χ0v) is 8.42. The van der Waals surface area contributed by atoms with Crippen molar-refractivity contribution in [3.05, 3.63) is 11.6 Å². The summed E-state index contributed by atoms with van der Waals surface area (Å²) < 4.78 is 0. The number of hydrogen-bond donors (Lipinski definition) is 1. The zero-order valence-electron chi connectivity index (χ0n) is 8.42. The maximum Gasteiger partial charge on any atom is 0.0614 e. The van der Waals surface area contributed by atoms with Crippen molar-refractivity contribution >= 4 is 5.71 Å². The van der Waals surface area contributed by atoms with Crippen LogP contribution >= 0.6 is 0 Å². The molecular formula is C11H19NO. The lowest BCUT2D eigenvalue weighted by Crippen LogP contribution is -2.05. The van der Waals surface area contributed by atoms with Crippen LogP contribution in [0.4, 0.5) is 0 Å². The highest BCUT2D eigenvalue weighted by molar-refractivity contribution is 5.85. The first-order valence-corrected chi connectivity index (χ1v) is 5.11. The van der Waals surface area contributed by atoms with Crippen LogP contribution in [0.1, 0.15) is 39.0 Å². The van der Waals surface area contributed by atoms with E-state index >= 15 is 0 Å². The van der Waals surface area contributed by atoms with Gasteiger partial charge in [0.05, 0.1) is 6.61 Å². The van der Waals surface area contributed by atoms with E-state index in [1.54, 1.807) is 0 Å². The molecule has 0 unspecified atom stereocenters. The predicted octanol–water partition coefficient (Wildman–Crippen LogP) is 2.33. The van der Waals surface area contributed by atoms with Gasteiger partial charge in [-0.1, -0.05) is 11.6 Å². The number of nitrogens with zero attached hydrogens (tertiary/aromatic N) is 1. The molecule has 74 valence electrons. The third-order valence-corrected chi connectivity index (χ3v) is 2.46. The summed E-state index contributed by atoms with van der Waals surface area (Å²) in [5.74, 6) is 0. The predicted molar refractivity (Wildman–Crippen MR) is 56.2 cm³/mol. The van der Waals surface area contributed by atoms with Gasteiger partial charge in [-0.25, -0.2) is 0 Å². The third-order valence-electron chi connectivity index (χ3n) is 2.46. The Balaban J connectivity index is 2.25. The molecule has 0 bridgehead atoms. The molecule has 1 aliphatic rings. The summed E-state index contributed by atoms with van der Waals surface area (Å²) in [4.78, 5) is 4.49. The maximum absolute atomic E-state index is 8.67. The number of allylic oxidation sites excluding steroid dienone is 1. The second-order valence-electron chi connectivity index (χ2n) is 3.64. The van der Waals surface area contributed by atoms with Crippen molar-refractivity contribution < 1.29 is 5.11 Å². The van der Waals surface area contributed by atoms with Crippen LogP contribution in [0.3, 0.4) is 0 Å². The molecule has 0 saturated heterocycles. The van der Waals surface area contributed by atoms with Gasteiger partial charge in [-0.05, 0) is 39.0 Å². The SMILES string of the molecule is C/C(=C\CO)CCC1=NCCCC1. The van der Waals surface area contributed by atoms with Gasteiger partial charge in [-0.15, -0.1) is 0 Å². The molecular weight excluding hydrogens is 162 g/mol. The second kappa shape index (κ2) is 5.92. The van der Waals surface area contributed by atoms with Gasteiger partial charge in [-0.2, -0.15) is 0 Å². The quantitative estimate of drug-likeness (QED) is 0.663. The summed E-state index contributed by atoms with van der Waals surface area (Å²) in [7, 11) is 0. The average molecular weight is 181 g/mol. The van der Waals surface area contributed by atoms with Crippen molar-refractivity contribution in [2.24, 2.45) is 4.99 Å². The summed E-state index contributed by atoms with van der Waals surface area (Å²) in [5.41, 5.74) is 2.65. The summed E-state index contributed by atoms with van der Waals surface area (Å²) in [6.45, 7) is 3.26. The lowest BCUT2D eigenvalue weighted by molar-refractivity contribution is 0.341. The first-order chi connectivity index (χ1) is 6.33. The minimum absolute atomic E-state index is 0.165. The molecule has 0 spiro atoms. The molecule has 1 rings (SSSR count). The Bertz CT molecular complexity index is 206. The largest absolute Gasteiger partial charge is 0.392 e. The van der Waals surface area contributed by atoms with Crippen LogP contribution in [0.5, 0.6) is 0 Å². The molecule has 0 aromatic rings. The lowest BCUT2D eigenvalue weighted by Gasteiger charge is -2.11. The molecule has 0 aliphatic carbocycles. The van der Waals surface area contributed by atoms with Crippen LogP contribution in [0.2, 0.25) is 0 Å². The smallest absolute Gasteiger partial charge is 0.0614 e. The molecule has 2 nitrogen and oxygen atoms in total. The number of aliphatic hydroxyl groups excluding tert-OH is 1. The van der Waals surface area contributed by atoms with Crippen LogP contribution in [-0.2, 0) is 0 Å². The Morgan fingerprint density at radius 3 is 3.00 bits per heavy atom. The average Bonchev–Trinajstić information content (AvgIpc) is 2.17. The molecule has 0 saturated carbocycles. The molecule has 0 aromatic heterocycles. The highest BCUT2D eigenvalue weighted by atomic mass is 16.2. The fourth-order valence-electron chi connectivity index (χ4n) is 1.56. The summed E-state index contributed by atoms with van der Waals surface area (Å²) in [6.07, 6.45) is 7.77. The van der Waals surface area contributed by atoms with E-state index in [1.165, 1.54) is 30.5 Å². The first-order valence-electron chi connectivity index (χ1n) is 5.11. The second-order valence-corrected chi connectivity index (χ2v) is 3.64. The normalized spacial score (nSPS) is 18.6. The minimum atomic E-state index is 0.165. The van der Waals surface area contributed by atoms with Gasteiger partial charge in [0.15, 0.2) is 0 Å². The Labute approximate surface area is 80.4 Å². The van der Waals surface area contributed by atoms with E-state index in [0.717, 1.165) is 19.4 Å². The van der Waals surface area contributed by atoms with Crippen molar-refractivity contribution in [1.29, 1.82) is 0 Å². The molecule has 0 aromatic carbocycles. The van der Waals surface area contributed by atoms with E-state index in [9.17, 15) is 0 Å². The van der Waals surface area contributed by atoms with Crippen molar-refractivity contribution in [2.45, 2.75) is 39.0 Å². The van der Waals surface area contributed by atoms with Crippen molar-refractivity contribution in [3.63, 3.8) is 0 Å². The molecule has 0 radical (unpaired) electrons. The van der Waals surface area contributed by atoms with E-state index in [1.807, 2.05) is 6.08 Å². The number of rotatable bonds is 4. The molecule has 0 amide bonds. The molecule has 0 atom stereocenters. The zero-order chi connectivity index (χ0) is 9.52. The van der Waals surface area contributed by atoms with Gasteiger partial charge in [0.1, 0.15) is 0 Å². The van der Waals surface area contributed by atoms with Crippen LogP contribution in [0.15, 0.2) is 16.6 Å². The lowest BCUT2D eigenvalue weighted by atomic mass is 10.0. The van der Waals surface area contributed by atoms with Gasteiger partial charge in [-0.3, -0.25) is 4.99 Å². The third kappa shape index (κ3) is 4.23. The Morgan fingerprint density at radius 1 is 1.54 bits per heavy atom. The number of aliphatic hydroxyl groups is 1. The summed E-state index contributed by atoms with van der Waals surface area (Å²) >= 11 is 0.